The van der Waals surface area contributed by atoms with E-state index < -0.39 is 0 Å². The summed E-state index contributed by atoms with van der Waals surface area (Å²) in [5.41, 5.74) is 7.07. The summed E-state index contributed by atoms with van der Waals surface area (Å²) in [6.07, 6.45) is 1.07. The molecule has 1 heteroatoms. The summed E-state index contributed by atoms with van der Waals surface area (Å²) >= 11 is 0. The van der Waals surface area contributed by atoms with Gasteiger partial charge < -0.3 is 0 Å². The molecule has 4 rings (SSSR count). The molecule has 0 aromatic heterocycles. The Labute approximate surface area is 188 Å². The normalized spacial score (nSPS) is 12.5. The molecule has 31 heavy (non-hydrogen) atoms. The number of fused-ring (bicyclic) bond motifs is 3. The Balaban J connectivity index is 1.81. The van der Waals surface area contributed by atoms with Crippen molar-refractivity contribution < 1.29 is 0 Å². The zero-order chi connectivity index (χ0) is 22.4. The van der Waals surface area contributed by atoms with E-state index >= 15 is 0 Å². The Bertz CT molecular complexity index is 1250. The van der Waals surface area contributed by atoms with E-state index in [1.807, 2.05) is 0 Å². The number of benzene rings is 4. The summed E-state index contributed by atoms with van der Waals surface area (Å²) in [4.78, 5) is 0. The van der Waals surface area contributed by atoms with Crippen molar-refractivity contribution in [2.45, 2.75) is 54.8 Å². The summed E-state index contributed by atoms with van der Waals surface area (Å²) in [6, 6.07) is 24.9. The molecule has 0 bridgehead atoms. The molecular formula is C30H34B. The van der Waals surface area contributed by atoms with Gasteiger partial charge in [0.1, 0.15) is 0 Å². The van der Waals surface area contributed by atoms with E-state index in [1.54, 1.807) is 0 Å². The molecule has 0 N–H and O–H groups in total. The molecule has 0 fully saturated rings. The van der Waals surface area contributed by atoms with Crippen LogP contribution in [0.2, 0.25) is 6.32 Å². The second kappa shape index (κ2) is 7.86. The van der Waals surface area contributed by atoms with Crippen LogP contribution in [0.25, 0.3) is 32.7 Å². The van der Waals surface area contributed by atoms with Crippen molar-refractivity contribution in [1.82, 2.24) is 0 Å². The van der Waals surface area contributed by atoms with Gasteiger partial charge in [-0.1, -0.05) is 113 Å². The Morgan fingerprint density at radius 1 is 0.742 bits per heavy atom. The van der Waals surface area contributed by atoms with E-state index in [0.717, 1.165) is 6.32 Å². The highest BCUT2D eigenvalue weighted by molar-refractivity contribution is 6.53. The lowest BCUT2D eigenvalue weighted by Gasteiger charge is -2.39. The smallest absolute Gasteiger partial charge is 0.0872 e. The van der Waals surface area contributed by atoms with Crippen LogP contribution in [-0.4, -0.2) is 7.28 Å². The van der Waals surface area contributed by atoms with Gasteiger partial charge in [-0.25, -0.2) is 0 Å². The average Bonchev–Trinajstić information content (AvgIpc) is 2.71. The molecule has 0 nitrogen and oxygen atoms in total. The second-order valence-corrected chi connectivity index (χ2v) is 10.8. The lowest BCUT2D eigenvalue weighted by molar-refractivity contribution is 0.157. The molecule has 0 spiro atoms. The molecule has 0 saturated heterocycles. The van der Waals surface area contributed by atoms with Crippen molar-refractivity contribution in [2.75, 3.05) is 0 Å². The molecule has 0 amide bonds. The van der Waals surface area contributed by atoms with Crippen LogP contribution in [0.3, 0.4) is 0 Å². The van der Waals surface area contributed by atoms with Crippen molar-refractivity contribution in [2.24, 2.45) is 10.8 Å². The average molecular weight is 405 g/mol. The summed E-state index contributed by atoms with van der Waals surface area (Å²) < 4.78 is 0. The zero-order valence-electron chi connectivity index (χ0n) is 20.1. The van der Waals surface area contributed by atoms with Gasteiger partial charge in [0.2, 0.25) is 0 Å². The minimum atomic E-state index is 0.244. The van der Waals surface area contributed by atoms with Crippen LogP contribution in [0.15, 0.2) is 66.7 Å². The molecular weight excluding hydrogens is 371 g/mol. The third kappa shape index (κ3) is 4.16. The van der Waals surface area contributed by atoms with Crippen LogP contribution in [0.4, 0.5) is 0 Å². The first-order valence-electron chi connectivity index (χ1n) is 11.4. The van der Waals surface area contributed by atoms with E-state index in [9.17, 15) is 0 Å². The van der Waals surface area contributed by atoms with Crippen LogP contribution in [0.1, 0.15) is 45.7 Å². The van der Waals surface area contributed by atoms with Crippen molar-refractivity contribution in [1.29, 1.82) is 0 Å². The maximum Gasteiger partial charge on any atom is 0.152 e. The molecule has 4 aromatic carbocycles. The van der Waals surface area contributed by atoms with Gasteiger partial charge in [-0.3, -0.25) is 0 Å². The van der Waals surface area contributed by atoms with Gasteiger partial charge in [0.05, 0.1) is 0 Å². The molecule has 0 saturated carbocycles. The molecule has 0 unspecified atom stereocenters. The SMILES string of the molecule is Cc1ccc2c(-c3cccc([B]CC(C)(C)C(C)(C)C)c3)cc3cccc(C)c3c2c1. The van der Waals surface area contributed by atoms with E-state index in [0.29, 0.717) is 0 Å². The van der Waals surface area contributed by atoms with Crippen LogP contribution in [0, 0.1) is 24.7 Å². The first-order chi connectivity index (χ1) is 14.6. The first-order valence-corrected chi connectivity index (χ1v) is 11.4. The molecule has 0 aliphatic carbocycles. The minimum Gasteiger partial charge on any atom is -0.0872 e. The fourth-order valence-corrected chi connectivity index (χ4v) is 4.26. The Hall–Kier alpha value is -2.54. The van der Waals surface area contributed by atoms with Gasteiger partial charge in [-0.05, 0) is 69.0 Å². The Morgan fingerprint density at radius 3 is 2.23 bits per heavy atom. The Kier molecular flexibility index (Phi) is 5.50. The van der Waals surface area contributed by atoms with Crippen LogP contribution in [0.5, 0.6) is 0 Å². The number of hydrogen-bond donors (Lipinski definition) is 0. The van der Waals surface area contributed by atoms with Gasteiger partial charge in [-0.2, -0.15) is 0 Å². The van der Waals surface area contributed by atoms with E-state index in [-0.39, 0.29) is 10.8 Å². The summed E-state index contributed by atoms with van der Waals surface area (Å²) in [5.74, 6) is 0. The predicted molar refractivity (Wildman–Crippen MR) is 140 cm³/mol. The quantitative estimate of drug-likeness (QED) is 0.238. The van der Waals surface area contributed by atoms with Crippen LogP contribution in [-0.2, 0) is 0 Å². The monoisotopic (exact) mass is 405 g/mol. The van der Waals surface area contributed by atoms with Crippen molar-refractivity contribution in [3.63, 3.8) is 0 Å². The fourth-order valence-electron chi connectivity index (χ4n) is 4.26. The van der Waals surface area contributed by atoms with E-state index in [4.69, 9.17) is 0 Å². The summed E-state index contributed by atoms with van der Waals surface area (Å²) in [7, 11) is 2.41. The van der Waals surface area contributed by atoms with Gasteiger partial charge >= 0.3 is 0 Å². The third-order valence-electron chi connectivity index (χ3n) is 7.42. The largest absolute Gasteiger partial charge is 0.152 e. The molecule has 0 aliphatic heterocycles. The van der Waals surface area contributed by atoms with Crippen molar-refractivity contribution in [3.05, 3.63) is 77.9 Å². The van der Waals surface area contributed by atoms with Crippen LogP contribution < -0.4 is 5.46 Å². The maximum absolute atomic E-state index is 2.41. The highest BCUT2D eigenvalue weighted by Crippen LogP contribution is 2.41. The van der Waals surface area contributed by atoms with E-state index in [2.05, 4.69) is 122 Å². The molecule has 157 valence electrons. The van der Waals surface area contributed by atoms with Gasteiger partial charge in [0.15, 0.2) is 7.28 Å². The number of hydrogen-bond acceptors (Lipinski definition) is 0. The minimum absolute atomic E-state index is 0.244. The predicted octanol–water partition coefficient (Wildman–Crippen LogP) is 8.10. The maximum atomic E-state index is 2.41. The molecule has 0 atom stereocenters. The first kappa shape index (κ1) is 21.7. The van der Waals surface area contributed by atoms with Gasteiger partial charge in [0, 0.05) is 0 Å². The fraction of sp³-hybridized carbons (Fsp3) is 0.333. The second-order valence-electron chi connectivity index (χ2n) is 10.8. The van der Waals surface area contributed by atoms with Gasteiger partial charge in [0.25, 0.3) is 0 Å². The highest BCUT2D eigenvalue weighted by atomic mass is 14.3. The Morgan fingerprint density at radius 2 is 1.48 bits per heavy atom. The molecule has 0 heterocycles. The van der Waals surface area contributed by atoms with Gasteiger partial charge in [-0.15, -0.1) is 0 Å². The van der Waals surface area contributed by atoms with Crippen LogP contribution >= 0.6 is 0 Å². The number of rotatable bonds is 4. The third-order valence-corrected chi connectivity index (χ3v) is 7.42. The molecule has 0 aliphatic rings. The molecule has 1 radical (unpaired) electrons. The lowest BCUT2D eigenvalue weighted by atomic mass is 9.53. The topological polar surface area (TPSA) is 0 Å². The highest BCUT2D eigenvalue weighted by Gasteiger charge is 2.32. The van der Waals surface area contributed by atoms with Crippen molar-refractivity contribution in [3.8, 4) is 11.1 Å². The van der Waals surface area contributed by atoms with Crippen molar-refractivity contribution >= 4 is 34.3 Å². The molecule has 4 aromatic rings. The van der Waals surface area contributed by atoms with E-state index in [1.165, 1.54) is 49.3 Å². The zero-order valence-corrected chi connectivity index (χ0v) is 20.1. The lowest BCUT2D eigenvalue weighted by Crippen LogP contribution is -2.33. The standard InChI is InChI=1S/C30H34B/c1-20-14-15-25-26(18-23-12-8-10-21(2)28(23)27(25)16-20)22-11-9-13-24(17-22)31-19-30(6,7)29(3,4)5/h8-18H,19H2,1-7H3. The number of aryl methyl sites for hydroxylation is 2. The summed E-state index contributed by atoms with van der Waals surface area (Å²) in [5, 5.41) is 5.38. The summed E-state index contributed by atoms with van der Waals surface area (Å²) in [6.45, 7) is 16.1.